The Labute approximate surface area is 123 Å². The number of hydrogen-bond acceptors (Lipinski definition) is 5. The third-order valence-electron chi connectivity index (χ3n) is 2.62. The molecule has 0 atom stereocenters. The van der Waals surface area contributed by atoms with Gasteiger partial charge in [0.05, 0.1) is 16.4 Å². The predicted octanol–water partition coefficient (Wildman–Crippen LogP) is 1.27. The van der Waals surface area contributed by atoms with Gasteiger partial charge in [0.25, 0.3) is 9.05 Å². The van der Waals surface area contributed by atoms with Gasteiger partial charge in [-0.3, -0.25) is 0 Å². The molecule has 20 heavy (non-hydrogen) atoms. The zero-order valence-electron chi connectivity index (χ0n) is 11.1. The maximum absolute atomic E-state index is 12.4. The second-order valence-corrected chi connectivity index (χ2v) is 8.41. The first-order valence-electron chi connectivity index (χ1n) is 5.77. The molecule has 0 aliphatic carbocycles. The lowest BCUT2D eigenvalue weighted by atomic mass is 10.4. The Kier molecular flexibility index (Phi) is 5.96. The summed E-state index contributed by atoms with van der Waals surface area (Å²) >= 11 is 0. The number of halogens is 1. The first-order chi connectivity index (χ1) is 9.23. The lowest BCUT2D eigenvalue weighted by Crippen LogP contribution is -2.33. The van der Waals surface area contributed by atoms with Gasteiger partial charge in [0.15, 0.2) is 0 Å². The third-order valence-corrected chi connectivity index (χ3v) is 5.94. The van der Waals surface area contributed by atoms with Crippen LogP contribution in [0.4, 0.5) is 0 Å². The predicted molar refractivity (Wildman–Crippen MR) is 75.8 cm³/mol. The number of ether oxygens (including phenoxy) is 1. The van der Waals surface area contributed by atoms with Gasteiger partial charge in [-0.25, -0.2) is 16.8 Å². The standard InChI is InChI=1S/C11H16ClNO5S2/c1-3-13(7-8-18-2)20(16,17)11-6-4-5-10(9-11)19(12,14)15/h4-6,9H,3,7-8H2,1-2H3. The summed E-state index contributed by atoms with van der Waals surface area (Å²) in [5.41, 5.74) is 0. The summed E-state index contributed by atoms with van der Waals surface area (Å²) in [6.45, 7) is 2.38. The Morgan fingerprint density at radius 2 is 1.80 bits per heavy atom. The maximum atomic E-state index is 12.4. The minimum absolute atomic E-state index is 0.114. The fraction of sp³-hybridized carbons (Fsp3) is 0.455. The first kappa shape index (κ1) is 17.4. The van der Waals surface area contributed by atoms with Gasteiger partial charge in [-0.15, -0.1) is 0 Å². The molecule has 1 aromatic rings. The Morgan fingerprint density at radius 3 is 2.30 bits per heavy atom. The molecule has 0 bridgehead atoms. The quantitative estimate of drug-likeness (QED) is 0.698. The summed E-state index contributed by atoms with van der Waals surface area (Å²) < 4.78 is 53.3. The van der Waals surface area contributed by atoms with Crippen molar-refractivity contribution in [1.82, 2.24) is 4.31 Å². The fourth-order valence-corrected chi connectivity index (χ4v) is 3.93. The average molecular weight is 342 g/mol. The van der Waals surface area contributed by atoms with Crippen LogP contribution in [0.1, 0.15) is 6.92 Å². The molecule has 0 aliphatic rings. The maximum Gasteiger partial charge on any atom is 0.261 e. The van der Waals surface area contributed by atoms with Gasteiger partial charge in [-0.1, -0.05) is 13.0 Å². The highest BCUT2D eigenvalue weighted by Gasteiger charge is 2.24. The topological polar surface area (TPSA) is 80.8 Å². The molecule has 9 heteroatoms. The van der Waals surface area contributed by atoms with Gasteiger partial charge < -0.3 is 4.74 Å². The van der Waals surface area contributed by atoms with E-state index in [1.165, 1.54) is 29.6 Å². The number of likely N-dealkylation sites (N-methyl/N-ethyl adjacent to an activating group) is 1. The van der Waals surface area contributed by atoms with Gasteiger partial charge in [-0.2, -0.15) is 4.31 Å². The molecule has 0 fully saturated rings. The van der Waals surface area contributed by atoms with E-state index in [9.17, 15) is 16.8 Å². The van der Waals surface area contributed by atoms with Crippen molar-refractivity contribution in [2.75, 3.05) is 26.8 Å². The van der Waals surface area contributed by atoms with Gasteiger partial charge in [-0.05, 0) is 18.2 Å². The highest BCUT2D eigenvalue weighted by atomic mass is 35.7. The molecule has 0 aromatic heterocycles. The van der Waals surface area contributed by atoms with Crippen molar-refractivity contribution in [1.29, 1.82) is 0 Å². The highest BCUT2D eigenvalue weighted by Crippen LogP contribution is 2.21. The molecule has 1 rings (SSSR count). The average Bonchev–Trinajstić information content (AvgIpc) is 2.38. The molecule has 1 aromatic carbocycles. The normalized spacial score (nSPS) is 12.8. The van der Waals surface area contributed by atoms with Crippen LogP contribution in [0, 0.1) is 0 Å². The van der Waals surface area contributed by atoms with Gasteiger partial charge >= 0.3 is 0 Å². The number of methoxy groups -OCH3 is 1. The van der Waals surface area contributed by atoms with Crippen molar-refractivity contribution in [3.8, 4) is 0 Å². The molecular formula is C11H16ClNO5S2. The Hall–Kier alpha value is -0.670. The molecule has 0 aliphatic heterocycles. The number of hydrogen-bond donors (Lipinski definition) is 0. The van der Waals surface area contributed by atoms with E-state index in [-0.39, 0.29) is 29.5 Å². The fourth-order valence-electron chi connectivity index (χ4n) is 1.58. The van der Waals surface area contributed by atoms with Crippen molar-refractivity contribution >= 4 is 29.8 Å². The van der Waals surface area contributed by atoms with Gasteiger partial charge in [0, 0.05) is 30.9 Å². The van der Waals surface area contributed by atoms with Crippen LogP contribution in [0.2, 0.25) is 0 Å². The van der Waals surface area contributed by atoms with Crippen LogP contribution >= 0.6 is 10.7 Å². The van der Waals surface area contributed by atoms with Crippen molar-refractivity contribution in [3.63, 3.8) is 0 Å². The van der Waals surface area contributed by atoms with Crippen molar-refractivity contribution in [2.45, 2.75) is 16.7 Å². The molecule has 0 radical (unpaired) electrons. The zero-order valence-corrected chi connectivity index (χ0v) is 13.5. The molecular weight excluding hydrogens is 326 g/mol. The second kappa shape index (κ2) is 6.86. The van der Waals surface area contributed by atoms with Crippen LogP contribution in [0.3, 0.4) is 0 Å². The Balaban J connectivity index is 3.21. The summed E-state index contributed by atoms with van der Waals surface area (Å²) in [4.78, 5) is -0.361. The first-order valence-corrected chi connectivity index (χ1v) is 9.52. The van der Waals surface area contributed by atoms with Crippen LogP contribution in [0.15, 0.2) is 34.1 Å². The number of benzene rings is 1. The van der Waals surface area contributed by atoms with Crippen LogP contribution in [-0.2, 0) is 23.8 Å². The molecule has 0 spiro atoms. The molecule has 6 nitrogen and oxygen atoms in total. The van der Waals surface area contributed by atoms with E-state index in [0.717, 1.165) is 6.07 Å². The summed E-state index contributed by atoms with van der Waals surface area (Å²) in [7, 11) is -1.05. The van der Waals surface area contributed by atoms with Crippen LogP contribution in [0.5, 0.6) is 0 Å². The zero-order chi connectivity index (χ0) is 15.4. The number of rotatable bonds is 7. The van der Waals surface area contributed by atoms with E-state index in [2.05, 4.69) is 0 Å². The monoisotopic (exact) mass is 341 g/mol. The number of nitrogens with zero attached hydrogens (tertiary/aromatic N) is 1. The second-order valence-electron chi connectivity index (χ2n) is 3.90. The highest BCUT2D eigenvalue weighted by molar-refractivity contribution is 8.13. The van der Waals surface area contributed by atoms with Gasteiger partial charge in [0.2, 0.25) is 10.0 Å². The molecule has 114 valence electrons. The molecule has 0 amide bonds. The molecule has 0 N–H and O–H groups in total. The summed E-state index contributed by atoms with van der Waals surface area (Å²) in [5, 5.41) is 0. The number of sulfonamides is 1. The Bertz CT molecular complexity index is 657. The molecule has 0 saturated carbocycles. The lowest BCUT2D eigenvalue weighted by molar-refractivity contribution is 0.180. The lowest BCUT2D eigenvalue weighted by Gasteiger charge is -2.20. The van der Waals surface area contributed by atoms with E-state index in [0.29, 0.717) is 0 Å². The SMILES string of the molecule is CCN(CCOC)S(=O)(=O)c1cccc(S(=O)(=O)Cl)c1. The molecule has 0 unspecified atom stereocenters. The smallest absolute Gasteiger partial charge is 0.261 e. The Morgan fingerprint density at radius 1 is 1.20 bits per heavy atom. The van der Waals surface area contributed by atoms with Gasteiger partial charge in [0.1, 0.15) is 0 Å². The summed E-state index contributed by atoms with van der Waals surface area (Å²) in [6.07, 6.45) is 0. The summed E-state index contributed by atoms with van der Waals surface area (Å²) in [6, 6.07) is 4.96. The van der Waals surface area contributed by atoms with E-state index in [4.69, 9.17) is 15.4 Å². The van der Waals surface area contributed by atoms with Crippen molar-refractivity contribution in [3.05, 3.63) is 24.3 Å². The van der Waals surface area contributed by atoms with Crippen LogP contribution in [0.25, 0.3) is 0 Å². The minimum atomic E-state index is -3.97. The van der Waals surface area contributed by atoms with Crippen molar-refractivity contribution in [2.24, 2.45) is 0 Å². The van der Waals surface area contributed by atoms with Crippen molar-refractivity contribution < 1.29 is 21.6 Å². The third kappa shape index (κ3) is 4.16. The molecule has 0 heterocycles. The molecule has 0 saturated heterocycles. The summed E-state index contributed by atoms with van der Waals surface area (Å²) in [5.74, 6) is 0. The largest absolute Gasteiger partial charge is 0.383 e. The van der Waals surface area contributed by atoms with Crippen LogP contribution < -0.4 is 0 Å². The van der Waals surface area contributed by atoms with E-state index in [1.807, 2.05) is 0 Å². The van der Waals surface area contributed by atoms with E-state index >= 15 is 0 Å². The van der Waals surface area contributed by atoms with Crippen LogP contribution in [-0.4, -0.2) is 47.9 Å². The van der Waals surface area contributed by atoms with E-state index in [1.54, 1.807) is 6.92 Å². The minimum Gasteiger partial charge on any atom is -0.383 e. The van der Waals surface area contributed by atoms with E-state index < -0.39 is 19.1 Å².